The molecular formula is C20H26N2O3S. The SMILES string of the molecule is CCOc1ccc(S(=O)(=O)NCc2cccc(CN3CCCC3)c2)cc1. The second kappa shape index (κ2) is 8.66. The summed E-state index contributed by atoms with van der Waals surface area (Å²) < 4.78 is 33.0. The predicted molar refractivity (Wildman–Crippen MR) is 103 cm³/mol. The molecule has 0 radical (unpaired) electrons. The van der Waals surface area contributed by atoms with Crippen LogP contribution >= 0.6 is 0 Å². The standard InChI is InChI=1S/C20H26N2O3S/c1-2-25-19-8-10-20(11-9-19)26(23,24)21-15-17-6-5-7-18(14-17)16-22-12-3-4-13-22/h5-11,14,21H,2-4,12-13,15-16H2,1H3. The zero-order chi connectivity index (χ0) is 18.4. The van der Waals surface area contributed by atoms with E-state index in [1.807, 2.05) is 19.1 Å². The fraction of sp³-hybridized carbons (Fsp3) is 0.400. The van der Waals surface area contributed by atoms with E-state index < -0.39 is 10.0 Å². The van der Waals surface area contributed by atoms with Gasteiger partial charge < -0.3 is 4.74 Å². The number of likely N-dealkylation sites (tertiary alicyclic amines) is 1. The number of ether oxygens (including phenoxy) is 1. The molecule has 26 heavy (non-hydrogen) atoms. The van der Waals surface area contributed by atoms with Crippen LogP contribution in [0.4, 0.5) is 0 Å². The number of nitrogens with zero attached hydrogens (tertiary/aromatic N) is 1. The molecule has 0 spiro atoms. The summed E-state index contributed by atoms with van der Waals surface area (Å²) >= 11 is 0. The molecule has 1 saturated heterocycles. The van der Waals surface area contributed by atoms with Crippen LogP contribution in [0.25, 0.3) is 0 Å². The summed E-state index contributed by atoms with van der Waals surface area (Å²) in [4.78, 5) is 2.68. The maximum Gasteiger partial charge on any atom is 0.240 e. The van der Waals surface area contributed by atoms with E-state index >= 15 is 0 Å². The van der Waals surface area contributed by atoms with Crippen molar-refractivity contribution in [3.05, 3.63) is 59.7 Å². The summed E-state index contributed by atoms with van der Waals surface area (Å²) in [7, 11) is -3.54. The molecule has 0 unspecified atom stereocenters. The highest BCUT2D eigenvalue weighted by Gasteiger charge is 2.15. The molecule has 1 fully saturated rings. The largest absolute Gasteiger partial charge is 0.494 e. The lowest BCUT2D eigenvalue weighted by atomic mass is 10.1. The van der Waals surface area contributed by atoms with E-state index in [9.17, 15) is 8.42 Å². The lowest BCUT2D eigenvalue weighted by molar-refractivity contribution is 0.331. The van der Waals surface area contributed by atoms with Crippen LogP contribution in [0.2, 0.25) is 0 Å². The molecule has 0 amide bonds. The van der Waals surface area contributed by atoms with Gasteiger partial charge in [0, 0.05) is 13.1 Å². The second-order valence-electron chi connectivity index (χ2n) is 6.53. The van der Waals surface area contributed by atoms with Gasteiger partial charge in [-0.15, -0.1) is 0 Å². The molecular weight excluding hydrogens is 348 g/mol. The van der Waals surface area contributed by atoms with Crippen LogP contribution in [0.15, 0.2) is 53.4 Å². The Balaban J connectivity index is 1.61. The Morgan fingerprint density at radius 1 is 1.04 bits per heavy atom. The first-order valence-corrected chi connectivity index (χ1v) is 10.6. The van der Waals surface area contributed by atoms with Gasteiger partial charge in [0.2, 0.25) is 10.0 Å². The predicted octanol–water partition coefficient (Wildman–Crippen LogP) is 3.16. The Morgan fingerprint density at radius 2 is 1.73 bits per heavy atom. The number of hydrogen-bond acceptors (Lipinski definition) is 4. The lowest BCUT2D eigenvalue weighted by Gasteiger charge is -2.15. The summed E-state index contributed by atoms with van der Waals surface area (Å²) in [6, 6.07) is 14.6. The number of nitrogens with one attached hydrogen (secondary N) is 1. The molecule has 1 aliphatic rings. The highest BCUT2D eigenvalue weighted by Crippen LogP contribution is 2.17. The van der Waals surface area contributed by atoms with E-state index in [0.29, 0.717) is 12.4 Å². The number of rotatable bonds is 8. The molecule has 3 rings (SSSR count). The fourth-order valence-corrected chi connectivity index (χ4v) is 4.20. The minimum Gasteiger partial charge on any atom is -0.494 e. The second-order valence-corrected chi connectivity index (χ2v) is 8.30. The van der Waals surface area contributed by atoms with Gasteiger partial charge in [0.05, 0.1) is 11.5 Å². The summed E-state index contributed by atoms with van der Waals surface area (Å²) in [6.45, 7) is 5.95. The number of hydrogen-bond donors (Lipinski definition) is 1. The van der Waals surface area contributed by atoms with E-state index in [-0.39, 0.29) is 11.4 Å². The summed E-state index contributed by atoms with van der Waals surface area (Å²) in [5, 5.41) is 0. The maximum absolute atomic E-state index is 12.5. The van der Waals surface area contributed by atoms with Crippen molar-refractivity contribution in [3.63, 3.8) is 0 Å². The Bertz CT molecular complexity index is 813. The van der Waals surface area contributed by atoms with Crippen molar-refractivity contribution in [3.8, 4) is 5.75 Å². The van der Waals surface area contributed by atoms with Crippen LogP contribution in [0.3, 0.4) is 0 Å². The Kier molecular flexibility index (Phi) is 6.29. The summed E-state index contributed by atoms with van der Waals surface area (Å²) in [5.74, 6) is 0.668. The highest BCUT2D eigenvalue weighted by atomic mass is 32.2. The normalized spacial score (nSPS) is 15.3. The summed E-state index contributed by atoms with van der Waals surface area (Å²) in [5.41, 5.74) is 2.20. The quantitative estimate of drug-likeness (QED) is 0.771. The Labute approximate surface area is 156 Å². The van der Waals surface area contributed by atoms with Gasteiger partial charge in [0.25, 0.3) is 0 Å². The van der Waals surface area contributed by atoms with E-state index in [4.69, 9.17) is 4.74 Å². The van der Waals surface area contributed by atoms with Crippen molar-refractivity contribution in [1.82, 2.24) is 9.62 Å². The van der Waals surface area contributed by atoms with Gasteiger partial charge in [-0.1, -0.05) is 24.3 Å². The van der Waals surface area contributed by atoms with Gasteiger partial charge in [0.15, 0.2) is 0 Å². The first-order valence-electron chi connectivity index (χ1n) is 9.09. The molecule has 0 aromatic heterocycles. The molecule has 0 aliphatic carbocycles. The van der Waals surface area contributed by atoms with E-state index in [0.717, 1.165) is 25.2 Å². The van der Waals surface area contributed by atoms with Crippen LogP contribution in [0.1, 0.15) is 30.9 Å². The smallest absolute Gasteiger partial charge is 0.240 e. The molecule has 6 heteroatoms. The third-order valence-corrected chi connectivity index (χ3v) is 5.92. The Morgan fingerprint density at radius 3 is 2.42 bits per heavy atom. The fourth-order valence-electron chi connectivity index (χ4n) is 3.18. The molecule has 0 atom stereocenters. The van der Waals surface area contributed by atoms with Crippen molar-refractivity contribution in [2.75, 3.05) is 19.7 Å². The van der Waals surface area contributed by atoms with Gasteiger partial charge in [0.1, 0.15) is 5.75 Å². The van der Waals surface area contributed by atoms with Gasteiger partial charge in [-0.25, -0.2) is 13.1 Å². The van der Waals surface area contributed by atoms with E-state index in [2.05, 4.69) is 21.8 Å². The zero-order valence-electron chi connectivity index (χ0n) is 15.1. The Hall–Kier alpha value is -1.89. The van der Waals surface area contributed by atoms with E-state index in [1.54, 1.807) is 24.3 Å². The van der Waals surface area contributed by atoms with Crippen molar-refractivity contribution in [2.24, 2.45) is 0 Å². The third kappa shape index (κ3) is 5.06. The van der Waals surface area contributed by atoms with Gasteiger partial charge in [-0.2, -0.15) is 0 Å². The molecule has 1 aliphatic heterocycles. The monoisotopic (exact) mass is 374 g/mol. The topological polar surface area (TPSA) is 58.6 Å². The lowest BCUT2D eigenvalue weighted by Crippen LogP contribution is -2.23. The van der Waals surface area contributed by atoms with Crippen molar-refractivity contribution >= 4 is 10.0 Å². The molecule has 140 valence electrons. The van der Waals surface area contributed by atoms with Crippen LogP contribution in [-0.2, 0) is 23.1 Å². The van der Waals surface area contributed by atoms with Crippen LogP contribution in [0, 0.1) is 0 Å². The van der Waals surface area contributed by atoms with Crippen LogP contribution in [0.5, 0.6) is 5.75 Å². The van der Waals surface area contributed by atoms with E-state index in [1.165, 1.54) is 18.4 Å². The van der Waals surface area contributed by atoms with Crippen molar-refractivity contribution < 1.29 is 13.2 Å². The molecule has 5 nitrogen and oxygen atoms in total. The molecule has 0 bridgehead atoms. The minimum atomic E-state index is -3.54. The van der Waals surface area contributed by atoms with Gasteiger partial charge >= 0.3 is 0 Å². The van der Waals surface area contributed by atoms with Crippen LogP contribution in [-0.4, -0.2) is 33.0 Å². The zero-order valence-corrected chi connectivity index (χ0v) is 16.0. The first kappa shape index (κ1) is 18.9. The summed E-state index contributed by atoms with van der Waals surface area (Å²) in [6.07, 6.45) is 2.53. The average Bonchev–Trinajstić information content (AvgIpc) is 3.14. The maximum atomic E-state index is 12.5. The molecule has 1 heterocycles. The van der Waals surface area contributed by atoms with Gasteiger partial charge in [-0.3, -0.25) is 4.90 Å². The van der Waals surface area contributed by atoms with Crippen molar-refractivity contribution in [1.29, 1.82) is 0 Å². The molecule has 2 aromatic rings. The molecule has 1 N–H and O–H groups in total. The highest BCUT2D eigenvalue weighted by molar-refractivity contribution is 7.89. The number of sulfonamides is 1. The molecule has 2 aromatic carbocycles. The first-order chi connectivity index (χ1) is 12.6. The number of benzene rings is 2. The van der Waals surface area contributed by atoms with Crippen molar-refractivity contribution in [2.45, 2.75) is 37.8 Å². The third-order valence-electron chi connectivity index (χ3n) is 4.51. The molecule has 0 saturated carbocycles. The average molecular weight is 375 g/mol. The van der Waals surface area contributed by atoms with Gasteiger partial charge in [-0.05, 0) is 68.2 Å². The van der Waals surface area contributed by atoms with Crippen LogP contribution < -0.4 is 9.46 Å². The minimum absolute atomic E-state index is 0.245.